The van der Waals surface area contributed by atoms with E-state index in [-0.39, 0.29) is 0 Å². The summed E-state index contributed by atoms with van der Waals surface area (Å²) < 4.78 is 7.54. The van der Waals surface area contributed by atoms with Crippen LogP contribution in [0.15, 0.2) is 56.3 Å². The Balaban J connectivity index is 2.11. The molecular weight excluding hydrogens is 306 g/mol. The third-order valence-corrected chi connectivity index (χ3v) is 4.48. The largest absolute Gasteiger partial charge is 0.460 e. The van der Waals surface area contributed by atoms with E-state index in [0.29, 0.717) is 0 Å². The summed E-state index contributed by atoms with van der Waals surface area (Å²) in [5.74, 6) is 1.65. The van der Waals surface area contributed by atoms with Crippen LogP contribution in [0.4, 0.5) is 0 Å². The van der Waals surface area contributed by atoms with Gasteiger partial charge in [-0.25, -0.2) is 4.68 Å². The number of benzene rings is 1. The maximum absolute atomic E-state index is 5.66. The molecule has 0 atom stereocenters. The van der Waals surface area contributed by atoms with Crippen LogP contribution in [0.3, 0.4) is 0 Å². The first-order valence-corrected chi connectivity index (χ1v) is 8.29. The minimum absolute atomic E-state index is 0.776. The van der Waals surface area contributed by atoms with Crippen LogP contribution in [0.5, 0.6) is 0 Å². The molecule has 0 unspecified atom stereocenters. The van der Waals surface area contributed by atoms with Gasteiger partial charge in [0.1, 0.15) is 17.2 Å². The highest BCUT2D eigenvalue weighted by Gasteiger charge is 2.09. The number of nitrogens with zero attached hydrogens (tertiary/aromatic N) is 3. The quantitative estimate of drug-likeness (QED) is 0.665. The third-order valence-electron chi connectivity index (χ3n) is 3.57. The SMILES string of the molecule is CN=c1scc(-c2ccc(C)cc2)n1N=C(C)c1ccc(C)o1. The Bertz CT molecular complexity index is 910. The Morgan fingerprint density at radius 2 is 1.83 bits per heavy atom. The molecular formula is C18H19N3OS. The van der Waals surface area contributed by atoms with E-state index in [2.05, 4.69) is 41.6 Å². The zero-order chi connectivity index (χ0) is 16.4. The van der Waals surface area contributed by atoms with E-state index in [4.69, 9.17) is 9.52 Å². The highest BCUT2D eigenvalue weighted by Crippen LogP contribution is 2.21. The summed E-state index contributed by atoms with van der Waals surface area (Å²) in [6, 6.07) is 12.3. The summed E-state index contributed by atoms with van der Waals surface area (Å²) >= 11 is 1.58. The van der Waals surface area contributed by atoms with E-state index < -0.39 is 0 Å². The number of furan rings is 1. The predicted molar refractivity (Wildman–Crippen MR) is 95.0 cm³/mol. The minimum atomic E-state index is 0.776. The Kier molecular flexibility index (Phi) is 4.30. The molecule has 2 heterocycles. The molecule has 23 heavy (non-hydrogen) atoms. The summed E-state index contributed by atoms with van der Waals surface area (Å²) in [6.07, 6.45) is 0. The second kappa shape index (κ2) is 6.38. The Morgan fingerprint density at radius 3 is 2.43 bits per heavy atom. The van der Waals surface area contributed by atoms with E-state index in [1.807, 2.05) is 30.7 Å². The molecule has 3 aromatic rings. The summed E-state index contributed by atoms with van der Waals surface area (Å²) in [6.45, 7) is 5.96. The van der Waals surface area contributed by atoms with Crippen LogP contribution >= 0.6 is 11.3 Å². The van der Waals surface area contributed by atoms with Crippen LogP contribution in [0.1, 0.15) is 24.0 Å². The Labute approximate surface area is 139 Å². The summed E-state index contributed by atoms with van der Waals surface area (Å²) in [5, 5.41) is 6.81. The van der Waals surface area contributed by atoms with Crippen LogP contribution < -0.4 is 4.80 Å². The van der Waals surface area contributed by atoms with Gasteiger partial charge in [0.15, 0.2) is 0 Å². The van der Waals surface area contributed by atoms with Gasteiger partial charge >= 0.3 is 0 Å². The van der Waals surface area contributed by atoms with Crippen molar-refractivity contribution in [2.75, 3.05) is 7.05 Å². The van der Waals surface area contributed by atoms with Crippen molar-refractivity contribution in [3.05, 3.63) is 63.7 Å². The van der Waals surface area contributed by atoms with Gasteiger partial charge in [-0.2, -0.15) is 5.10 Å². The van der Waals surface area contributed by atoms with Crippen molar-refractivity contribution in [2.24, 2.45) is 10.1 Å². The average molecular weight is 325 g/mol. The van der Waals surface area contributed by atoms with E-state index >= 15 is 0 Å². The van der Waals surface area contributed by atoms with Gasteiger partial charge in [-0.1, -0.05) is 29.8 Å². The number of rotatable bonds is 3. The maximum Gasteiger partial charge on any atom is 0.205 e. The minimum Gasteiger partial charge on any atom is -0.460 e. The van der Waals surface area contributed by atoms with Gasteiger partial charge in [-0.15, -0.1) is 11.3 Å². The van der Waals surface area contributed by atoms with Gasteiger partial charge < -0.3 is 4.42 Å². The molecule has 1 aromatic carbocycles. The first-order valence-electron chi connectivity index (χ1n) is 7.41. The van der Waals surface area contributed by atoms with E-state index in [1.165, 1.54) is 5.56 Å². The Hall–Kier alpha value is -2.40. The van der Waals surface area contributed by atoms with Crippen molar-refractivity contribution >= 4 is 17.0 Å². The Morgan fingerprint density at radius 1 is 1.09 bits per heavy atom. The lowest BCUT2D eigenvalue weighted by Gasteiger charge is -2.05. The molecule has 0 aliphatic carbocycles. The molecule has 0 fully saturated rings. The smallest absolute Gasteiger partial charge is 0.205 e. The lowest BCUT2D eigenvalue weighted by atomic mass is 10.1. The fourth-order valence-electron chi connectivity index (χ4n) is 2.30. The van der Waals surface area contributed by atoms with Crippen molar-refractivity contribution in [2.45, 2.75) is 20.8 Å². The molecule has 0 aliphatic rings. The molecule has 0 saturated heterocycles. The van der Waals surface area contributed by atoms with Crippen molar-refractivity contribution in [1.82, 2.24) is 4.68 Å². The molecule has 2 aromatic heterocycles. The van der Waals surface area contributed by atoms with Crippen LogP contribution in [-0.2, 0) is 0 Å². The lowest BCUT2D eigenvalue weighted by molar-refractivity contribution is 0.524. The maximum atomic E-state index is 5.66. The zero-order valence-electron chi connectivity index (χ0n) is 13.7. The van der Waals surface area contributed by atoms with E-state index in [0.717, 1.165) is 33.3 Å². The average Bonchev–Trinajstić information content (AvgIpc) is 3.14. The summed E-state index contributed by atoms with van der Waals surface area (Å²) in [4.78, 5) is 5.18. The number of hydrogen-bond acceptors (Lipinski definition) is 4. The highest BCUT2D eigenvalue weighted by atomic mass is 32.1. The van der Waals surface area contributed by atoms with Crippen LogP contribution in [0, 0.1) is 13.8 Å². The number of aryl methyl sites for hydroxylation is 2. The molecule has 0 radical (unpaired) electrons. The first-order chi connectivity index (χ1) is 11.1. The van der Waals surface area contributed by atoms with Gasteiger partial charge in [-0.3, -0.25) is 4.99 Å². The number of thiazole rings is 1. The first kappa shape index (κ1) is 15.5. The lowest BCUT2D eigenvalue weighted by Crippen LogP contribution is -2.13. The number of hydrogen-bond donors (Lipinski definition) is 0. The predicted octanol–water partition coefficient (Wildman–Crippen LogP) is 4.23. The van der Waals surface area contributed by atoms with Crippen molar-refractivity contribution in [3.63, 3.8) is 0 Å². The zero-order valence-corrected chi connectivity index (χ0v) is 14.5. The van der Waals surface area contributed by atoms with Crippen molar-refractivity contribution < 1.29 is 4.42 Å². The fourth-order valence-corrected chi connectivity index (χ4v) is 3.10. The highest BCUT2D eigenvalue weighted by molar-refractivity contribution is 7.07. The van der Waals surface area contributed by atoms with Crippen molar-refractivity contribution in [3.8, 4) is 11.3 Å². The number of aromatic nitrogens is 1. The van der Waals surface area contributed by atoms with Gasteiger partial charge in [0, 0.05) is 18.0 Å². The monoisotopic (exact) mass is 325 g/mol. The molecule has 3 rings (SSSR count). The standard InChI is InChI=1S/C18H19N3OS/c1-12-5-8-15(9-6-12)16-11-23-18(19-4)21(16)20-14(3)17-10-7-13(2)22-17/h5-11H,1-4H3. The molecule has 0 N–H and O–H groups in total. The second-order valence-electron chi connectivity index (χ2n) is 5.40. The van der Waals surface area contributed by atoms with Crippen molar-refractivity contribution in [1.29, 1.82) is 0 Å². The van der Waals surface area contributed by atoms with Crippen LogP contribution in [-0.4, -0.2) is 17.4 Å². The second-order valence-corrected chi connectivity index (χ2v) is 6.24. The topological polar surface area (TPSA) is 42.8 Å². The molecule has 0 spiro atoms. The third kappa shape index (κ3) is 3.19. The normalized spacial score (nSPS) is 12.9. The van der Waals surface area contributed by atoms with Crippen LogP contribution in [0.2, 0.25) is 0 Å². The molecule has 0 saturated carbocycles. The summed E-state index contributed by atoms with van der Waals surface area (Å²) in [5.41, 5.74) is 4.20. The van der Waals surface area contributed by atoms with Gasteiger partial charge in [-0.05, 0) is 32.9 Å². The van der Waals surface area contributed by atoms with E-state index in [1.54, 1.807) is 18.4 Å². The van der Waals surface area contributed by atoms with Gasteiger partial charge in [0.2, 0.25) is 4.80 Å². The summed E-state index contributed by atoms with van der Waals surface area (Å²) in [7, 11) is 1.78. The fraction of sp³-hybridized carbons (Fsp3) is 0.222. The molecule has 0 aliphatic heterocycles. The van der Waals surface area contributed by atoms with Gasteiger partial charge in [0.05, 0.1) is 5.69 Å². The van der Waals surface area contributed by atoms with Crippen LogP contribution in [0.25, 0.3) is 11.3 Å². The molecule has 118 valence electrons. The molecule has 0 amide bonds. The molecule has 4 nitrogen and oxygen atoms in total. The molecule has 0 bridgehead atoms. The molecule has 5 heteroatoms. The van der Waals surface area contributed by atoms with Gasteiger partial charge in [0.25, 0.3) is 0 Å². The van der Waals surface area contributed by atoms with E-state index in [9.17, 15) is 0 Å².